The van der Waals surface area contributed by atoms with Crippen LogP contribution in [0.2, 0.25) is 0 Å². The van der Waals surface area contributed by atoms with Crippen molar-refractivity contribution < 1.29 is 5.11 Å². The van der Waals surface area contributed by atoms with Gasteiger partial charge in [0.05, 0.1) is 24.0 Å². The Bertz CT molecular complexity index is 487. The summed E-state index contributed by atoms with van der Waals surface area (Å²) in [5.74, 6) is 0. The molecular weight excluding hydrogens is 226 g/mol. The van der Waals surface area contributed by atoms with Crippen LogP contribution in [0.25, 0.3) is 0 Å². The number of rotatable bonds is 5. The zero-order valence-corrected chi connectivity index (χ0v) is 10.1. The minimum Gasteiger partial charge on any atom is -0.397 e. The van der Waals surface area contributed by atoms with Crippen molar-refractivity contribution >= 4 is 11.4 Å². The van der Waals surface area contributed by atoms with Gasteiger partial charge in [-0.15, -0.1) is 0 Å². The van der Waals surface area contributed by atoms with E-state index in [1.807, 2.05) is 42.5 Å². The molecule has 0 saturated heterocycles. The van der Waals surface area contributed by atoms with Gasteiger partial charge in [0.25, 0.3) is 0 Å². The van der Waals surface area contributed by atoms with E-state index >= 15 is 0 Å². The van der Waals surface area contributed by atoms with Gasteiger partial charge in [0.1, 0.15) is 0 Å². The van der Waals surface area contributed by atoms with Gasteiger partial charge in [-0.2, -0.15) is 0 Å². The molecule has 1 aromatic carbocycles. The lowest BCUT2D eigenvalue weighted by Gasteiger charge is -2.18. The Hall–Kier alpha value is -2.07. The highest BCUT2D eigenvalue weighted by Crippen LogP contribution is 2.18. The first-order valence-electron chi connectivity index (χ1n) is 5.91. The molecule has 0 saturated carbocycles. The number of nitrogens with zero attached hydrogens (tertiary/aromatic N) is 1. The fourth-order valence-electron chi connectivity index (χ4n) is 1.78. The van der Waals surface area contributed by atoms with E-state index in [4.69, 9.17) is 5.73 Å². The molecule has 0 amide bonds. The molecule has 4 N–H and O–H groups in total. The van der Waals surface area contributed by atoms with Crippen molar-refractivity contribution in [2.24, 2.45) is 0 Å². The summed E-state index contributed by atoms with van der Waals surface area (Å²) in [5, 5.41) is 12.6. The average Bonchev–Trinajstić information content (AvgIpc) is 2.41. The highest BCUT2D eigenvalue weighted by Gasteiger charge is 2.10. The fourth-order valence-corrected chi connectivity index (χ4v) is 1.78. The van der Waals surface area contributed by atoms with Gasteiger partial charge in [-0.3, -0.25) is 4.98 Å². The van der Waals surface area contributed by atoms with Crippen molar-refractivity contribution in [3.8, 4) is 0 Å². The second-order valence-corrected chi connectivity index (χ2v) is 4.14. The van der Waals surface area contributed by atoms with Crippen molar-refractivity contribution in [2.45, 2.75) is 12.5 Å². The molecule has 4 heteroatoms. The van der Waals surface area contributed by atoms with Gasteiger partial charge in [0.15, 0.2) is 0 Å². The summed E-state index contributed by atoms with van der Waals surface area (Å²) in [6, 6.07) is 13.2. The van der Waals surface area contributed by atoms with E-state index in [-0.39, 0.29) is 12.6 Å². The van der Waals surface area contributed by atoms with Gasteiger partial charge in [-0.25, -0.2) is 0 Å². The Kier molecular flexibility index (Phi) is 4.15. The Morgan fingerprint density at radius 2 is 1.94 bits per heavy atom. The van der Waals surface area contributed by atoms with Gasteiger partial charge in [0.2, 0.25) is 0 Å². The fraction of sp³-hybridized carbons (Fsp3) is 0.214. The van der Waals surface area contributed by atoms with Gasteiger partial charge in [0, 0.05) is 18.3 Å². The van der Waals surface area contributed by atoms with E-state index < -0.39 is 0 Å². The lowest BCUT2D eigenvalue weighted by atomic mass is 10.1. The van der Waals surface area contributed by atoms with Crippen LogP contribution in [0.3, 0.4) is 0 Å². The Morgan fingerprint density at radius 3 is 2.61 bits per heavy atom. The highest BCUT2D eigenvalue weighted by molar-refractivity contribution is 5.66. The second kappa shape index (κ2) is 6.02. The SMILES string of the molecule is Nc1ccccc1NC(CO)Cc1ccccn1. The summed E-state index contributed by atoms with van der Waals surface area (Å²) in [6.45, 7) is 0.0326. The standard InChI is InChI=1S/C14H17N3O/c15-13-6-1-2-7-14(13)17-12(10-18)9-11-5-3-4-8-16-11/h1-8,12,17-18H,9-10,15H2. The minimum atomic E-state index is -0.0930. The van der Waals surface area contributed by atoms with E-state index in [9.17, 15) is 5.11 Å². The maximum Gasteiger partial charge on any atom is 0.0636 e. The summed E-state index contributed by atoms with van der Waals surface area (Å²) in [7, 11) is 0. The smallest absolute Gasteiger partial charge is 0.0636 e. The van der Waals surface area contributed by atoms with Crippen LogP contribution in [0.5, 0.6) is 0 Å². The minimum absolute atomic E-state index is 0.0326. The lowest BCUT2D eigenvalue weighted by Crippen LogP contribution is -2.27. The maximum atomic E-state index is 9.41. The van der Waals surface area contributed by atoms with Crippen LogP contribution in [-0.2, 0) is 6.42 Å². The summed E-state index contributed by atoms with van der Waals surface area (Å²) in [5.41, 5.74) is 8.32. The van der Waals surface area contributed by atoms with E-state index in [0.717, 1.165) is 11.4 Å². The van der Waals surface area contributed by atoms with Crippen LogP contribution >= 0.6 is 0 Å². The number of aliphatic hydroxyl groups excluding tert-OH is 1. The third-order valence-corrected chi connectivity index (χ3v) is 2.72. The Balaban J connectivity index is 2.04. The van der Waals surface area contributed by atoms with E-state index in [2.05, 4.69) is 10.3 Å². The summed E-state index contributed by atoms with van der Waals surface area (Å²) in [6.07, 6.45) is 2.41. The first-order valence-corrected chi connectivity index (χ1v) is 5.91. The van der Waals surface area contributed by atoms with Gasteiger partial charge in [-0.1, -0.05) is 18.2 Å². The maximum absolute atomic E-state index is 9.41. The molecule has 0 spiro atoms. The third-order valence-electron chi connectivity index (χ3n) is 2.72. The second-order valence-electron chi connectivity index (χ2n) is 4.14. The Labute approximate surface area is 106 Å². The number of nitrogens with two attached hydrogens (primary N) is 1. The first-order chi connectivity index (χ1) is 8.79. The number of para-hydroxylation sites is 2. The van der Waals surface area contributed by atoms with Gasteiger partial charge >= 0.3 is 0 Å². The van der Waals surface area contributed by atoms with E-state index in [1.54, 1.807) is 6.20 Å². The number of pyridine rings is 1. The quantitative estimate of drug-likeness (QED) is 0.699. The predicted molar refractivity (Wildman–Crippen MR) is 73.3 cm³/mol. The third kappa shape index (κ3) is 3.21. The topological polar surface area (TPSA) is 71.2 Å². The van der Waals surface area contributed by atoms with Crippen LogP contribution in [-0.4, -0.2) is 22.7 Å². The normalized spacial score (nSPS) is 12.1. The summed E-state index contributed by atoms with van der Waals surface area (Å²) >= 11 is 0. The zero-order chi connectivity index (χ0) is 12.8. The van der Waals surface area contributed by atoms with Crippen LogP contribution in [0.1, 0.15) is 5.69 Å². The van der Waals surface area contributed by atoms with Crippen LogP contribution in [0.4, 0.5) is 11.4 Å². The molecule has 0 aliphatic heterocycles. The molecular formula is C14H17N3O. The van der Waals surface area contributed by atoms with Gasteiger partial charge in [-0.05, 0) is 24.3 Å². The lowest BCUT2D eigenvalue weighted by molar-refractivity contribution is 0.273. The molecule has 0 aliphatic rings. The molecule has 1 unspecified atom stereocenters. The molecule has 0 radical (unpaired) electrons. The van der Waals surface area contributed by atoms with E-state index in [1.165, 1.54) is 0 Å². The summed E-state index contributed by atoms with van der Waals surface area (Å²) in [4.78, 5) is 4.25. The van der Waals surface area contributed by atoms with Crippen LogP contribution < -0.4 is 11.1 Å². The molecule has 1 atom stereocenters. The van der Waals surface area contributed by atoms with E-state index in [0.29, 0.717) is 12.1 Å². The van der Waals surface area contributed by atoms with Crippen molar-refractivity contribution in [3.63, 3.8) is 0 Å². The number of aromatic nitrogens is 1. The first kappa shape index (κ1) is 12.4. The molecule has 0 aliphatic carbocycles. The molecule has 2 aromatic rings. The number of nitrogen functional groups attached to an aromatic ring is 1. The molecule has 18 heavy (non-hydrogen) atoms. The average molecular weight is 243 g/mol. The Morgan fingerprint density at radius 1 is 1.17 bits per heavy atom. The number of nitrogens with one attached hydrogen (secondary N) is 1. The van der Waals surface area contributed by atoms with Gasteiger partial charge < -0.3 is 16.2 Å². The molecule has 0 bridgehead atoms. The monoisotopic (exact) mass is 243 g/mol. The number of benzene rings is 1. The molecule has 1 aromatic heterocycles. The summed E-state index contributed by atoms with van der Waals surface area (Å²) < 4.78 is 0. The molecule has 4 nitrogen and oxygen atoms in total. The number of anilines is 2. The predicted octanol–water partition coefficient (Wildman–Crippen LogP) is 1.68. The van der Waals surface area contributed by atoms with Crippen LogP contribution in [0, 0.1) is 0 Å². The van der Waals surface area contributed by atoms with Crippen molar-refractivity contribution in [1.82, 2.24) is 4.98 Å². The highest BCUT2D eigenvalue weighted by atomic mass is 16.3. The molecule has 2 rings (SSSR count). The molecule has 1 heterocycles. The molecule has 94 valence electrons. The van der Waals surface area contributed by atoms with Crippen LogP contribution in [0.15, 0.2) is 48.7 Å². The number of hydrogen-bond donors (Lipinski definition) is 3. The van der Waals surface area contributed by atoms with Crippen molar-refractivity contribution in [1.29, 1.82) is 0 Å². The zero-order valence-electron chi connectivity index (χ0n) is 10.1. The molecule has 0 fully saturated rings. The number of aliphatic hydroxyl groups is 1. The van der Waals surface area contributed by atoms with Crippen molar-refractivity contribution in [2.75, 3.05) is 17.7 Å². The largest absolute Gasteiger partial charge is 0.397 e. The number of hydrogen-bond acceptors (Lipinski definition) is 4. The van der Waals surface area contributed by atoms with Crippen molar-refractivity contribution in [3.05, 3.63) is 54.4 Å².